The van der Waals surface area contributed by atoms with Crippen molar-refractivity contribution in [2.45, 2.75) is 11.9 Å². The first-order valence-corrected chi connectivity index (χ1v) is 7.00. The molecule has 0 spiro atoms. The minimum absolute atomic E-state index is 0.168. The van der Waals surface area contributed by atoms with Crippen LogP contribution in [-0.2, 0) is 5.75 Å². The Morgan fingerprint density at radius 1 is 1.37 bits per heavy atom. The highest BCUT2D eigenvalue weighted by Gasteiger charge is 2.06. The molecular formula is C14H18O4S. The SMILES string of the molecule is COc1ccc(C#CCO)cc1CSCC(O)CO. The first-order valence-electron chi connectivity index (χ1n) is 5.84. The van der Waals surface area contributed by atoms with Crippen molar-refractivity contribution >= 4 is 11.8 Å². The molecule has 0 aromatic heterocycles. The zero-order valence-electron chi connectivity index (χ0n) is 10.8. The van der Waals surface area contributed by atoms with E-state index < -0.39 is 6.10 Å². The Morgan fingerprint density at radius 2 is 2.16 bits per heavy atom. The zero-order chi connectivity index (χ0) is 14.1. The number of aliphatic hydroxyl groups excluding tert-OH is 3. The lowest BCUT2D eigenvalue weighted by molar-refractivity contribution is 0.113. The van der Waals surface area contributed by atoms with Crippen molar-refractivity contribution in [3.05, 3.63) is 29.3 Å². The van der Waals surface area contributed by atoms with Gasteiger partial charge >= 0.3 is 0 Å². The number of rotatable bonds is 6. The topological polar surface area (TPSA) is 69.9 Å². The van der Waals surface area contributed by atoms with Gasteiger partial charge in [0.25, 0.3) is 0 Å². The highest BCUT2D eigenvalue weighted by molar-refractivity contribution is 7.98. The number of hydrogen-bond donors (Lipinski definition) is 3. The summed E-state index contributed by atoms with van der Waals surface area (Å²) in [5, 5.41) is 26.7. The molecule has 0 amide bonds. The summed E-state index contributed by atoms with van der Waals surface area (Å²) in [7, 11) is 1.60. The molecule has 0 saturated carbocycles. The van der Waals surface area contributed by atoms with E-state index in [9.17, 15) is 5.11 Å². The monoisotopic (exact) mass is 282 g/mol. The average Bonchev–Trinajstić information content (AvgIpc) is 2.45. The highest BCUT2D eigenvalue weighted by atomic mass is 32.2. The second-order valence-corrected chi connectivity index (χ2v) is 4.87. The van der Waals surface area contributed by atoms with E-state index >= 15 is 0 Å². The van der Waals surface area contributed by atoms with Gasteiger partial charge in [-0.2, -0.15) is 11.8 Å². The lowest BCUT2D eigenvalue weighted by Gasteiger charge is -2.10. The van der Waals surface area contributed by atoms with Crippen LogP contribution in [0.5, 0.6) is 5.75 Å². The van der Waals surface area contributed by atoms with Crippen molar-refractivity contribution in [1.82, 2.24) is 0 Å². The lowest BCUT2D eigenvalue weighted by atomic mass is 10.1. The van der Waals surface area contributed by atoms with Crippen LogP contribution in [0.25, 0.3) is 0 Å². The van der Waals surface area contributed by atoms with Gasteiger partial charge in [0.1, 0.15) is 12.4 Å². The molecule has 0 radical (unpaired) electrons. The van der Waals surface area contributed by atoms with Gasteiger partial charge in [0.2, 0.25) is 0 Å². The molecule has 0 fully saturated rings. The number of hydrogen-bond acceptors (Lipinski definition) is 5. The largest absolute Gasteiger partial charge is 0.496 e. The van der Waals surface area contributed by atoms with Crippen LogP contribution in [0.2, 0.25) is 0 Å². The summed E-state index contributed by atoms with van der Waals surface area (Å²) >= 11 is 1.51. The Balaban J connectivity index is 2.72. The Morgan fingerprint density at radius 3 is 2.79 bits per heavy atom. The van der Waals surface area contributed by atoms with Crippen molar-refractivity contribution in [3.8, 4) is 17.6 Å². The Bertz CT molecular complexity index is 450. The third kappa shape index (κ3) is 5.53. The van der Waals surface area contributed by atoms with Crippen LogP contribution in [0, 0.1) is 11.8 Å². The van der Waals surface area contributed by atoms with E-state index in [1.807, 2.05) is 18.2 Å². The fourth-order valence-electron chi connectivity index (χ4n) is 1.47. The van der Waals surface area contributed by atoms with Crippen molar-refractivity contribution in [1.29, 1.82) is 0 Å². The van der Waals surface area contributed by atoms with Crippen LogP contribution in [0.3, 0.4) is 0 Å². The molecule has 0 saturated heterocycles. The minimum Gasteiger partial charge on any atom is -0.496 e. The molecule has 3 N–H and O–H groups in total. The van der Waals surface area contributed by atoms with Gasteiger partial charge in [0.15, 0.2) is 0 Å². The molecule has 0 aliphatic rings. The molecule has 104 valence electrons. The second kappa shape index (κ2) is 8.83. The number of thioether (sulfide) groups is 1. The van der Waals surface area contributed by atoms with E-state index in [0.717, 1.165) is 16.9 Å². The van der Waals surface area contributed by atoms with Crippen LogP contribution in [-0.4, -0.2) is 47.5 Å². The van der Waals surface area contributed by atoms with E-state index in [4.69, 9.17) is 14.9 Å². The third-order valence-corrected chi connectivity index (χ3v) is 3.51. The summed E-state index contributed by atoms with van der Waals surface area (Å²) in [6, 6.07) is 5.57. The van der Waals surface area contributed by atoms with Crippen molar-refractivity contribution in [2.24, 2.45) is 0 Å². The minimum atomic E-state index is -0.701. The predicted octanol–water partition coefficient (Wildman–Crippen LogP) is 0.625. The van der Waals surface area contributed by atoms with Crippen LogP contribution in [0.4, 0.5) is 0 Å². The summed E-state index contributed by atoms with van der Waals surface area (Å²) in [4.78, 5) is 0. The maximum absolute atomic E-state index is 9.28. The van der Waals surface area contributed by atoms with E-state index in [1.165, 1.54) is 11.8 Å². The molecule has 1 aromatic rings. The van der Waals surface area contributed by atoms with Gasteiger partial charge in [-0.25, -0.2) is 0 Å². The molecule has 1 rings (SSSR count). The quantitative estimate of drug-likeness (QED) is 0.668. The van der Waals surface area contributed by atoms with Crippen molar-refractivity contribution in [2.75, 3.05) is 26.1 Å². The first kappa shape index (κ1) is 15.9. The third-order valence-electron chi connectivity index (χ3n) is 2.37. The molecule has 0 heterocycles. The average molecular weight is 282 g/mol. The molecule has 19 heavy (non-hydrogen) atoms. The molecule has 0 aliphatic heterocycles. The van der Waals surface area contributed by atoms with Crippen LogP contribution < -0.4 is 4.74 Å². The summed E-state index contributed by atoms with van der Waals surface area (Å²) in [5.74, 6) is 7.33. The summed E-state index contributed by atoms with van der Waals surface area (Å²) in [6.45, 7) is -0.398. The van der Waals surface area contributed by atoms with Crippen molar-refractivity contribution in [3.63, 3.8) is 0 Å². The number of aliphatic hydroxyl groups is 3. The second-order valence-electron chi connectivity index (χ2n) is 3.84. The molecule has 0 aliphatic carbocycles. The Hall–Kier alpha value is -1.19. The number of benzene rings is 1. The van der Waals surface area contributed by atoms with E-state index in [0.29, 0.717) is 11.5 Å². The van der Waals surface area contributed by atoms with Gasteiger partial charge in [-0.3, -0.25) is 0 Å². The molecule has 1 atom stereocenters. The predicted molar refractivity (Wildman–Crippen MR) is 76.2 cm³/mol. The molecule has 0 bridgehead atoms. The number of methoxy groups -OCH3 is 1. The van der Waals surface area contributed by atoms with Crippen molar-refractivity contribution < 1.29 is 20.1 Å². The van der Waals surface area contributed by atoms with Gasteiger partial charge in [0, 0.05) is 22.6 Å². The summed E-state index contributed by atoms with van der Waals surface area (Å²) in [5.41, 5.74) is 1.79. The number of ether oxygens (including phenoxy) is 1. The van der Waals surface area contributed by atoms with Crippen LogP contribution in [0.1, 0.15) is 11.1 Å². The smallest absolute Gasteiger partial charge is 0.122 e. The van der Waals surface area contributed by atoms with Crippen LogP contribution in [0.15, 0.2) is 18.2 Å². The fourth-order valence-corrected chi connectivity index (χ4v) is 2.41. The van der Waals surface area contributed by atoms with Gasteiger partial charge < -0.3 is 20.1 Å². The van der Waals surface area contributed by atoms with E-state index in [2.05, 4.69) is 11.8 Å². The summed E-state index contributed by atoms with van der Waals surface area (Å²) < 4.78 is 5.27. The van der Waals surface area contributed by atoms with Gasteiger partial charge in [-0.15, -0.1) is 0 Å². The van der Waals surface area contributed by atoms with Gasteiger partial charge in [-0.1, -0.05) is 11.8 Å². The fraction of sp³-hybridized carbons (Fsp3) is 0.429. The maximum atomic E-state index is 9.28. The molecule has 5 heteroatoms. The molecule has 1 unspecified atom stereocenters. The molecule has 1 aromatic carbocycles. The first-order chi connectivity index (χ1) is 9.21. The Labute approximate surface area is 117 Å². The standard InChI is InChI=1S/C14H18O4S/c1-18-14-5-4-11(3-2-6-15)7-12(14)9-19-10-13(17)8-16/h4-5,7,13,15-17H,6,8-10H2,1H3. The lowest BCUT2D eigenvalue weighted by Crippen LogP contribution is -2.14. The Kier molecular flexibility index (Phi) is 7.38. The maximum Gasteiger partial charge on any atom is 0.122 e. The molecular weight excluding hydrogens is 264 g/mol. The van der Waals surface area contributed by atoms with E-state index in [1.54, 1.807) is 7.11 Å². The zero-order valence-corrected chi connectivity index (χ0v) is 11.6. The van der Waals surface area contributed by atoms with E-state index in [-0.39, 0.29) is 13.2 Å². The van der Waals surface area contributed by atoms with Gasteiger partial charge in [-0.05, 0) is 18.2 Å². The van der Waals surface area contributed by atoms with Crippen LogP contribution >= 0.6 is 11.8 Å². The van der Waals surface area contributed by atoms with Gasteiger partial charge in [0.05, 0.1) is 19.8 Å². The normalized spacial score (nSPS) is 11.6. The highest BCUT2D eigenvalue weighted by Crippen LogP contribution is 2.24. The summed E-state index contributed by atoms with van der Waals surface area (Å²) in [6.07, 6.45) is -0.701. The molecule has 4 nitrogen and oxygen atoms in total.